The van der Waals surface area contributed by atoms with Crippen LogP contribution in [0.2, 0.25) is 0 Å². The molecule has 5 rings (SSSR count). The standard InChI is InChI=1S/C25H29F3N4O3/c1-17(33)30-22-6-9-32(21-14-19(15-29-16-21)25(26,27)28)23(22)18-2-4-20(5-3-18)31-10-7-24(8-11-31)34-12-13-35-24/h2-5,14-16,22-23H,6-13H2,1H3,(H,30,33)/t22-,23-/m1/s1. The molecular weight excluding hydrogens is 461 g/mol. The van der Waals surface area contributed by atoms with E-state index in [-0.39, 0.29) is 18.0 Å². The van der Waals surface area contributed by atoms with Gasteiger partial charge in [0, 0.05) is 51.3 Å². The van der Waals surface area contributed by atoms with Crippen molar-refractivity contribution in [2.45, 2.75) is 50.2 Å². The number of pyridine rings is 1. The number of benzene rings is 1. The molecule has 1 aromatic heterocycles. The minimum atomic E-state index is -4.47. The SMILES string of the molecule is CC(=O)N[C@@H]1CCN(c2cncc(C(F)(F)F)c2)[C@@H]1c1ccc(N2CCC3(CC2)OCCO3)cc1. The maximum absolute atomic E-state index is 13.3. The van der Waals surface area contributed by atoms with Crippen LogP contribution in [0.15, 0.2) is 42.7 Å². The fourth-order valence-corrected chi connectivity index (χ4v) is 5.42. The van der Waals surface area contributed by atoms with Gasteiger partial charge in [0.15, 0.2) is 5.79 Å². The predicted molar refractivity (Wildman–Crippen MR) is 124 cm³/mol. The van der Waals surface area contributed by atoms with E-state index < -0.39 is 17.5 Å². The van der Waals surface area contributed by atoms with Gasteiger partial charge >= 0.3 is 6.18 Å². The average Bonchev–Trinajstić information content (AvgIpc) is 3.46. The zero-order valence-corrected chi connectivity index (χ0v) is 19.6. The van der Waals surface area contributed by atoms with Gasteiger partial charge in [-0.25, -0.2) is 0 Å². The number of piperidine rings is 1. The molecule has 2 atom stereocenters. The van der Waals surface area contributed by atoms with E-state index in [1.54, 1.807) is 0 Å². The van der Waals surface area contributed by atoms with Gasteiger partial charge in [0.05, 0.1) is 42.7 Å². The van der Waals surface area contributed by atoms with Crippen molar-refractivity contribution in [1.29, 1.82) is 0 Å². The quantitative estimate of drug-likeness (QED) is 0.702. The average molecular weight is 491 g/mol. The number of anilines is 2. The highest BCUT2D eigenvalue weighted by molar-refractivity contribution is 5.73. The smallest absolute Gasteiger partial charge is 0.371 e. The Morgan fingerprint density at radius 1 is 1.06 bits per heavy atom. The summed E-state index contributed by atoms with van der Waals surface area (Å²) in [7, 11) is 0. The number of nitrogens with zero attached hydrogens (tertiary/aromatic N) is 3. The van der Waals surface area contributed by atoms with E-state index in [1.165, 1.54) is 13.1 Å². The Morgan fingerprint density at radius 2 is 1.74 bits per heavy atom. The van der Waals surface area contributed by atoms with E-state index in [0.29, 0.717) is 31.9 Å². The summed E-state index contributed by atoms with van der Waals surface area (Å²) in [4.78, 5) is 19.9. The first-order valence-corrected chi connectivity index (χ1v) is 11.9. The Kier molecular flexibility index (Phi) is 6.35. The molecule has 7 nitrogen and oxygen atoms in total. The van der Waals surface area contributed by atoms with Crippen LogP contribution in [0.1, 0.15) is 43.4 Å². The molecule has 4 heterocycles. The molecule has 188 valence electrons. The van der Waals surface area contributed by atoms with Crippen molar-refractivity contribution in [3.63, 3.8) is 0 Å². The van der Waals surface area contributed by atoms with Crippen molar-refractivity contribution in [3.05, 3.63) is 53.9 Å². The van der Waals surface area contributed by atoms with Gasteiger partial charge in [-0.15, -0.1) is 0 Å². The lowest BCUT2D eigenvalue weighted by Gasteiger charge is -2.39. The van der Waals surface area contributed by atoms with Crippen molar-refractivity contribution in [2.24, 2.45) is 0 Å². The minimum Gasteiger partial charge on any atom is -0.371 e. The molecule has 2 aromatic rings. The lowest BCUT2D eigenvalue weighted by molar-refractivity contribution is -0.169. The van der Waals surface area contributed by atoms with Crippen LogP contribution in [-0.4, -0.2) is 55.6 Å². The molecule has 35 heavy (non-hydrogen) atoms. The molecule has 0 unspecified atom stereocenters. The van der Waals surface area contributed by atoms with Gasteiger partial charge in [-0.05, 0) is 30.2 Å². The Balaban J connectivity index is 1.37. The minimum absolute atomic E-state index is 0.167. The fraction of sp³-hybridized carbons (Fsp3) is 0.520. The third-order valence-corrected chi connectivity index (χ3v) is 7.11. The van der Waals surface area contributed by atoms with Gasteiger partial charge in [0.2, 0.25) is 5.91 Å². The van der Waals surface area contributed by atoms with Gasteiger partial charge < -0.3 is 24.6 Å². The molecule has 3 aliphatic heterocycles. The summed E-state index contributed by atoms with van der Waals surface area (Å²) in [5, 5.41) is 2.98. The zero-order chi connectivity index (χ0) is 24.6. The maximum atomic E-state index is 13.3. The molecule has 1 amide bonds. The maximum Gasteiger partial charge on any atom is 0.417 e. The van der Waals surface area contributed by atoms with Crippen molar-refractivity contribution in [1.82, 2.24) is 10.3 Å². The second kappa shape index (κ2) is 9.31. The number of alkyl halides is 3. The highest BCUT2D eigenvalue weighted by atomic mass is 19.4. The number of ether oxygens (including phenoxy) is 2. The summed E-state index contributed by atoms with van der Waals surface area (Å²) in [5.74, 6) is -0.607. The predicted octanol–water partition coefficient (Wildman–Crippen LogP) is 3.90. The molecule has 1 spiro atoms. The topological polar surface area (TPSA) is 66.9 Å². The van der Waals surface area contributed by atoms with Crippen LogP contribution in [0.3, 0.4) is 0 Å². The van der Waals surface area contributed by atoms with E-state index in [1.807, 2.05) is 29.2 Å². The molecule has 3 fully saturated rings. The summed E-state index contributed by atoms with van der Waals surface area (Å²) >= 11 is 0. The van der Waals surface area contributed by atoms with E-state index in [9.17, 15) is 18.0 Å². The number of carbonyl (C=O) groups excluding carboxylic acids is 1. The first-order chi connectivity index (χ1) is 16.7. The Bertz CT molecular complexity index is 1050. The highest BCUT2D eigenvalue weighted by Gasteiger charge is 2.40. The molecule has 1 aromatic carbocycles. The summed E-state index contributed by atoms with van der Waals surface area (Å²) in [6, 6.07) is 8.68. The first kappa shape index (κ1) is 23.9. The number of aromatic nitrogens is 1. The van der Waals surface area contributed by atoms with Crippen LogP contribution in [-0.2, 0) is 20.4 Å². The molecule has 0 aliphatic carbocycles. The van der Waals surface area contributed by atoms with Crippen LogP contribution in [0.5, 0.6) is 0 Å². The molecule has 0 radical (unpaired) electrons. The molecule has 3 saturated heterocycles. The van der Waals surface area contributed by atoms with Gasteiger partial charge in [0.25, 0.3) is 0 Å². The number of amides is 1. The molecule has 10 heteroatoms. The van der Waals surface area contributed by atoms with Crippen LogP contribution in [0.25, 0.3) is 0 Å². The highest BCUT2D eigenvalue weighted by Crippen LogP contribution is 2.40. The number of hydrogen-bond donors (Lipinski definition) is 1. The molecule has 1 N–H and O–H groups in total. The van der Waals surface area contributed by atoms with E-state index in [2.05, 4.69) is 15.2 Å². The Labute approximate surface area is 202 Å². The summed E-state index contributed by atoms with van der Waals surface area (Å²) in [6.45, 7) is 4.88. The number of hydrogen-bond acceptors (Lipinski definition) is 6. The number of halogens is 3. The lowest BCUT2D eigenvalue weighted by Crippen LogP contribution is -2.45. The monoisotopic (exact) mass is 490 g/mol. The van der Waals surface area contributed by atoms with E-state index >= 15 is 0 Å². The fourth-order valence-electron chi connectivity index (χ4n) is 5.42. The lowest BCUT2D eigenvalue weighted by atomic mass is 9.98. The van der Waals surface area contributed by atoms with Crippen LogP contribution >= 0.6 is 0 Å². The largest absolute Gasteiger partial charge is 0.417 e. The summed E-state index contributed by atoms with van der Waals surface area (Å²) in [6.07, 6.45) is 0.0359. The normalized spacial score (nSPS) is 24.2. The van der Waals surface area contributed by atoms with E-state index in [4.69, 9.17) is 9.47 Å². The van der Waals surface area contributed by atoms with Crippen LogP contribution in [0.4, 0.5) is 24.5 Å². The third-order valence-electron chi connectivity index (χ3n) is 7.11. The number of nitrogens with one attached hydrogen (secondary N) is 1. The van der Waals surface area contributed by atoms with Crippen molar-refractivity contribution < 1.29 is 27.4 Å². The van der Waals surface area contributed by atoms with Crippen molar-refractivity contribution in [3.8, 4) is 0 Å². The van der Waals surface area contributed by atoms with Gasteiger partial charge in [-0.2, -0.15) is 13.2 Å². The first-order valence-electron chi connectivity index (χ1n) is 11.9. The molecular formula is C25H29F3N4O3. The molecule has 0 bridgehead atoms. The van der Waals surface area contributed by atoms with Gasteiger partial charge in [-0.1, -0.05) is 12.1 Å². The number of rotatable bonds is 4. The second-order valence-electron chi connectivity index (χ2n) is 9.35. The molecule has 0 saturated carbocycles. The van der Waals surface area contributed by atoms with Crippen LogP contribution in [0, 0.1) is 0 Å². The van der Waals surface area contributed by atoms with E-state index in [0.717, 1.165) is 49.4 Å². The summed E-state index contributed by atoms with van der Waals surface area (Å²) in [5.41, 5.74) is 1.60. The molecule has 3 aliphatic rings. The third kappa shape index (κ3) is 4.95. The van der Waals surface area contributed by atoms with Crippen LogP contribution < -0.4 is 15.1 Å². The number of carbonyl (C=O) groups is 1. The Morgan fingerprint density at radius 3 is 2.37 bits per heavy atom. The summed E-state index contributed by atoms with van der Waals surface area (Å²) < 4.78 is 51.5. The van der Waals surface area contributed by atoms with Gasteiger partial charge in [0.1, 0.15) is 0 Å². The zero-order valence-electron chi connectivity index (χ0n) is 19.6. The Hall–Kier alpha value is -2.85. The van der Waals surface area contributed by atoms with Gasteiger partial charge in [-0.3, -0.25) is 9.78 Å². The van der Waals surface area contributed by atoms with Crippen molar-refractivity contribution in [2.75, 3.05) is 42.6 Å². The van der Waals surface area contributed by atoms with Crippen molar-refractivity contribution >= 4 is 17.3 Å². The second-order valence-corrected chi connectivity index (χ2v) is 9.35.